The number of nitrogens with zero attached hydrogens (tertiary/aromatic N) is 3. The van der Waals surface area contributed by atoms with Gasteiger partial charge in [0.25, 0.3) is 0 Å². The van der Waals surface area contributed by atoms with Crippen LogP contribution >= 0.6 is 0 Å². The molecule has 1 aromatic carbocycles. The Morgan fingerprint density at radius 2 is 2.00 bits per heavy atom. The van der Waals surface area contributed by atoms with Crippen molar-refractivity contribution in [3.8, 4) is 0 Å². The highest BCUT2D eigenvalue weighted by molar-refractivity contribution is 5.93. The van der Waals surface area contributed by atoms with Crippen LogP contribution in [0.15, 0.2) is 23.1 Å². The number of pyridine rings is 1. The van der Waals surface area contributed by atoms with Gasteiger partial charge in [0.1, 0.15) is 11.4 Å². The minimum Gasteiger partial charge on any atom is -0.477 e. The molecule has 0 saturated carbocycles. The molecule has 4 rings (SSSR count). The largest absolute Gasteiger partial charge is 0.477 e. The second-order valence-corrected chi connectivity index (χ2v) is 7.03. The Bertz CT molecular complexity index is 946. The van der Waals surface area contributed by atoms with Gasteiger partial charge in [-0.15, -0.1) is 0 Å². The number of aromatic carboxylic acids is 1. The van der Waals surface area contributed by atoms with Gasteiger partial charge >= 0.3 is 5.97 Å². The van der Waals surface area contributed by atoms with Gasteiger partial charge in [-0.3, -0.25) is 9.69 Å². The summed E-state index contributed by atoms with van der Waals surface area (Å²) in [6.45, 7) is 7.13. The zero-order valence-electron chi connectivity index (χ0n) is 15.2. The van der Waals surface area contributed by atoms with Crippen LogP contribution in [0.5, 0.6) is 0 Å². The van der Waals surface area contributed by atoms with Crippen molar-refractivity contribution in [2.75, 3.05) is 44.2 Å². The summed E-state index contributed by atoms with van der Waals surface area (Å²) >= 11 is 0. The van der Waals surface area contributed by atoms with Crippen LogP contribution in [0.2, 0.25) is 0 Å². The van der Waals surface area contributed by atoms with Crippen LogP contribution in [0.25, 0.3) is 10.9 Å². The maximum absolute atomic E-state index is 14.8. The third-order valence-corrected chi connectivity index (χ3v) is 5.30. The summed E-state index contributed by atoms with van der Waals surface area (Å²) in [5.41, 5.74) is 0.0153. The van der Waals surface area contributed by atoms with Crippen molar-refractivity contribution in [2.45, 2.75) is 19.6 Å². The maximum Gasteiger partial charge on any atom is 0.341 e. The first-order valence-corrected chi connectivity index (χ1v) is 9.16. The lowest BCUT2D eigenvalue weighted by Crippen LogP contribution is -2.47. The lowest BCUT2D eigenvalue weighted by Gasteiger charge is -2.36. The highest BCUT2D eigenvalue weighted by Gasteiger charge is 2.28. The summed E-state index contributed by atoms with van der Waals surface area (Å²) in [6.07, 6.45) is 1.68. The Labute approximate surface area is 155 Å². The number of aryl methyl sites for hydroxylation is 1. The molecule has 2 saturated heterocycles. The first-order valence-electron chi connectivity index (χ1n) is 9.16. The van der Waals surface area contributed by atoms with Gasteiger partial charge < -0.3 is 19.3 Å². The van der Waals surface area contributed by atoms with Crippen LogP contribution in [0, 0.1) is 5.82 Å². The van der Waals surface area contributed by atoms with Gasteiger partial charge in [-0.25, -0.2) is 9.18 Å². The van der Waals surface area contributed by atoms with Crippen LogP contribution < -0.4 is 10.3 Å². The van der Waals surface area contributed by atoms with Crippen molar-refractivity contribution in [1.29, 1.82) is 0 Å². The molecule has 3 heterocycles. The van der Waals surface area contributed by atoms with Gasteiger partial charge in [-0.05, 0) is 19.1 Å². The second-order valence-electron chi connectivity index (χ2n) is 7.03. The lowest BCUT2D eigenvalue weighted by molar-refractivity contribution is 0.0695. The molecule has 2 aliphatic rings. The number of carbonyl (C=O) groups is 1. The van der Waals surface area contributed by atoms with E-state index in [1.54, 1.807) is 10.6 Å². The van der Waals surface area contributed by atoms with E-state index in [9.17, 15) is 19.1 Å². The first kappa shape index (κ1) is 17.9. The van der Waals surface area contributed by atoms with E-state index < -0.39 is 17.2 Å². The number of epoxide rings is 1. The van der Waals surface area contributed by atoms with E-state index in [1.165, 1.54) is 12.3 Å². The number of fused-ring (bicyclic) bond motifs is 1. The summed E-state index contributed by atoms with van der Waals surface area (Å²) in [5, 5.41) is 9.34. The average molecular weight is 375 g/mol. The summed E-state index contributed by atoms with van der Waals surface area (Å²) in [4.78, 5) is 28.0. The first-order chi connectivity index (χ1) is 13.0. The fourth-order valence-electron chi connectivity index (χ4n) is 3.69. The van der Waals surface area contributed by atoms with Crippen LogP contribution in [0.3, 0.4) is 0 Å². The van der Waals surface area contributed by atoms with E-state index in [0.717, 1.165) is 26.2 Å². The number of aromatic nitrogens is 1. The minimum absolute atomic E-state index is 0.0996. The highest BCUT2D eigenvalue weighted by atomic mass is 19.1. The van der Waals surface area contributed by atoms with E-state index in [1.807, 2.05) is 11.8 Å². The van der Waals surface area contributed by atoms with Gasteiger partial charge in [-0.2, -0.15) is 0 Å². The van der Waals surface area contributed by atoms with Crippen LogP contribution in [-0.2, 0) is 11.3 Å². The summed E-state index contributed by atoms with van der Waals surface area (Å²) in [7, 11) is 0. The number of piperazine rings is 1. The Hall–Kier alpha value is -2.45. The summed E-state index contributed by atoms with van der Waals surface area (Å²) in [6, 6.07) is 2.84. The maximum atomic E-state index is 14.8. The number of carboxylic acids is 1. The molecule has 1 unspecified atom stereocenters. The molecule has 2 aliphatic heterocycles. The van der Waals surface area contributed by atoms with Crippen molar-refractivity contribution in [3.05, 3.63) is 39.9 Å². The van der Waals surface area contributed by atoms with Gasteiger partial charge in [-0.1, -0.05) is 0 Å². The number of benzene rings is 1. The molecule has 0 bridgehead atoms. The van der Waals surface area contributed by atoms with Crippen LogP contribution in [0.4, 0.5) is 10.1 Å². The number of rotatable bonds is 5. The number of ether oxygens (including phenoxy) is 1. The second kappa shape index (κ2) is 6.94. The predicted molar refractivity (Wildman–Crippen MR) is 99.2 cm³/mol. The Kier molecular flexibility index (Phi) is 4.61. The number of hydrogen-bond donors (Lipinski definition) is 1. The van der Waals surface area contributed by atoms with Gasteiger partial charge in [0, 0.05) is 50.9 Å². The summed E-state index contributed by atoms with van der Waals surface area (Å²) < 4.78 is 21.7. The standard InChI is InChI=1S/C19H22FN3O4/c1-2-22-10-14(19(25)26)18(24)13-7-15(20)17(8-16(13)22)23-5-3-21(4-6-23)9-12-11-27-12/h7-8,10,12H,2-6,9,11H2,1H3,(H,25,26). The molecule has 0 spiro atoms. The van der Waals surface area contributed by atoms with E-state index >= 15 is 0 Å². The molecule has 1 atom stereocenters. The van der Waals surface area contributed by atoms with Crippen molar-refractivity contribution in [2.24, 2.45) is 0 Å². The number of anilines is 1. The summed E-state index contributed by atoms with van der Waals surface area (Å²) in [5.74, 6) is -1.80. The van der Waals surface area contributed by atoms with E-state index in [2.05, 4.69) is 4.90 Å². The SMILES string of the molecule is CCn1cc(C(=O)O)c(=O)c2cc(F)c(N3CCN(CC4CO4)CC3)cc21. The Balaban J connectivity index is 1.68. The van der Waals surface area contributed by atoms with Gasteiger partial charge in [0.05, 0.1) is 23.9 Å². The van der Waals surface area contributed by atoms with E-state index in [4.69, 9.17) is 4.74 Å². The molecule has 7 nitrogen and oxygen atoms in total. The third-order valence-electron chi connectivity index (χ3n) is 5.30. The number of halogens is 1. The average Bonchev–Trinajstić information content (AvgIpc) is 3.46. The topological polar surface area (TPSA) is 78.3 Å². The predicted octanol–water partition coefficient (Wildman–Crippen LogP) is 1.38. The molecule has 0 radical (unpaired) electrons. The lowest BCUT2D eigenvalue weighted by atomic mass is 10.1. The van der Waals surface area contributed by atoms with Crippen LogP contribution in [0.1, 0.15) is 17.3 Å². The molecule has 27 heavy (non-hydrogen) atoms. The molecular formula is C19H22FN3O4. The molecule has 0 aliphatic carbocycles. The molecule has 1 N–H and O–H groups in total. The zero-order chi connectivity index (χ0) is 19.1. The zero-order valence-corrected chi connectivity index (χ0v) is 15.2. The van der Waals surface area contributed by atoms with Crippen molar-refractivity contribution >= 4 is 22.6 Å². The van der Waals surface area contributed by atoms with E-state index in [0.29, 0.717) is 36.9 Å². The van der Waals surface area contributed by atoms with E-state index in [-0.39, 0.29) is 10.9 Å². The quantitative estimate of drug-likeness (QED) is 0.796. The Morgan fingerprint density at radius 1 is 1.30 bits per heavy atom. The van der Waals surface area contributed by atoms with Crippen molar-refractivity contribution in [3.63, 3.8) is 0 Å². The van der Waals surface area contributed by atoms with Crippen molar-refractivity contribution in [1.82, 2.24) is 9.47 Å². The number of carboxylic acid groups (broad SMARTS) is 1. The van der Waals surface area contributed by atoms with Crippen LogP contribution in [-0.4, -0.2) is 66.0 Å². The molecule has 0 amide bonds. The minimum atomic E-state index is -1.30. The fraction of sp³-hybridized carbons (Fsp3) is 0.474. The monoisotopic (exact) mass is 375 g/mol. The smallest absolute Gasteiger partial charge is 0.341 e. The normalized spacial score (nSPS) is 20.2. The fourth-order valence-corrected chi connectivity index (χ4v) is 3.69. The Morgan fingerprint density at radius 3 is 2.59 bits per heavy atom. The van der Waals surface area contributed by atoms with Gasteiger partial charge in [0.2, 0.25) is 5.43 Å². The highest BCUT2D eigenvalue weighted by Crippen LogP contribution is 2.26. The molecule has 2 fully saturated rings. The molecule has 1 aromatic heterocycles. The molecule has 8 heteroatoms. The molecule has 2 aromatic rings. The van der Waals surface area contributed by atoms with Gasteiger partial charge in [0.15, 0.2) is 0 Å². The molecule has 144 valence electrons. The van der Waals surface area contributed by atoms with Crippen molar-refractivity contribution < 1.29 is 19.0 Å². The number of hydrogen-bond acceptors (Lipinski definition) is 5. The third kappa shape index (κ3) is 3.42. The molecular weight excluding hydrogens is 353 g/mol.